The van der Waals surface area contributed by atoms with Crippen molar-refractivity contribution >= 4 is 0 Å². The van der Waals surface area contributed by atoms with Gasteiger partial charge in [0.1, 0.15) is 0 Å². The van der Waals surface area contributed by atoms with Crippen molar-refractivity contribution in [2.24, 2.45) is 0 Å². The van der Waals surface area contributed by atoms with Crippen LogP contribution in [0.5, 0.6) is 0 Å². The smallest absolute Gasteiger partial charge is 0.0702 e. The Balaban J connectivity index is 1.15. The van der Waals surface area contributed by atoms with Crippen LogP contribution < -0.4 is 0 Å². The third-order valence-electron chi connectivity index (χ3n) is 7.74. The molecule has 0 aliphatic heterocycles. The molecule has 1 aromatic heterocycles. The zero-order valence-electron chi connectivity index (χ0n) is 23.2. The molecule has 1 nitrogen and oxygen atoms in total. The first kappa shape index (κ1) is 25.4. The molecule has 0 unspecified atom stereocenters. The summed E-state index contributed by atoms with van der Waals surface area (Å²) in [5, 5.41) is 0. The lowest BCUT2D eigenvalue weighted by atomic mass is 9.94. The van der Waals surface area contributed by atoms with E-state index in [1.54, 1.807) is 0 Å². The third kappa shape index (κ3) is 5.41. The van der Waals surface area contributed by atoms with Crippen molar-refractivity contribution < 1.29 is 0 Å². The second kappa shape index (κ2) is 11.5. The van der Waals surface area contributed by atoms with Crippen LogP contribution in [0.25, 0.3) is 66.9 Å². The van der Waals surface area contributed by atoms with Gasteiger partial charge in [0.05, 0.1) is 5.69 Å². The molecule has 42 heavy (non-hydrogen) atoms. The maximum atomic E-state index is 4.51. The van der Waals surface area contributed by atoms with Crippen molar-refractivity contribution in [1.29, 1.82) is 0 Å². The number of hydrogen-bond acceptors (Lipinski definition) is 1. The summed E-state index contributed by atoms with van der Waals surface area (Å²) in [6, 6.07) is 60.4. The highest BCUT2D eigenvalue weighted by Gasteiger charge is 2.07. The molecule has 7 aromatic rings. The molecule has 7 rings (SSSR count). The normalized spacial score (nSPS) is 10.9. The lowest BCUT2D eigenvalue weighted by molar-refractivity contribution is 1.33. The molecular weight excluding hydrogens is 506 g/mol. The average Bonchev–Trinajstić information content (AvgIpc) is 3.09. The largest absolute Gasteiger partial charge is 0.256 e. The minimum atomic E-state index is 0.987. The maximum Gasteiger partial charge on any atom is 0.0702 e. The van der Waals surface area contributed by atoms with Gasteiger partial charge >= 0.3 is 0 Å². The van der Waals surface area contributed by atoms with Gasteiger partial charge in [-0.2, -0.15) is 0 Å². The maximum absolute atomic E-state index is 4.51. The van der Waals surface area contributed by atoms with Crippen LogP contribution in [-0.4, -0.2) is 4.98 Å². The van der Waals surface area contributed by atoms with E-state index in [0.29, 0.717) is 0 Å². The summed E-state index contributed by atoms with van der Waals surface area (Å²) < 4.78 is 0. The van der Waals surface area contributed by atoms with Gasteiger partial charge in [-0.1, -0.05) is 133 Å². The van der Waals surface area contributed by atoms with Gasteiger partial charge in [-0.25, -0.2) is 0 Å². The van der Waals surface area contributed by atoms with Crippen LogP contribution in [0.2, 0.25) is 0 Å². The van der Waals surface area contributed by atoms with E-state index in [4.69, 9.17) is 0 Å². The Morgan fingerprint density at radius 1 is 0.238 bits per heavy atom. The van der Waals surface area contributed by atoms with Crippen LogP contribution >= 0.6 is 0 Å². The molecule has 0 bridgehead atoms. The molecule has 0 saturated carbocycles. The number of aromatic nitrogens is 1. The number of benzene rings is 6. The number of pyridine rings is 1. The fourth-order valence-corrected chi connectivity index (χ4v) is 5.51. The van der Waals surface area contributed by atoms with E-state index in [2.05, 4.69) is 157 Å². The van der Waals surface area contributed by atoms with Crippen LogP contribution in [0.3, 0.4) is 0 Å². The molecule has 0 saturated heterocycles. The predicted molar refractivity (Wildman–Crippen MR) is 177 cm³/mol. The lowest BCUT2D eigenvalue weighted by Crippen LogP contribution is -1.86. The highest BCUT2D eigenvalue weighted by Crippen LogP contribution is 2.33. The third-order valence-corrected chi connectivity index (χ3v) is 7.74. The molecule has 0 spiro atoms. The zero-order chi connectivity index (χ0) is 28.1. The number of nitrogens with zero attached hydrogens (tertiary/aromatic N) is 1. The Morgan fingerprint density at radius 2 is 0.571 bits per heavy atom. The standard InChI is InChI=1S/C41H29N/c1-2-10-30(11-3-1)33-12-6-15-36(26-33)38-17-8-18-39(28-38)37-16-7-13-34(27-37)31-21-23-32(24-22-31)35-14-9-19-40(29-35)41-20-4-5-25-42-41/h1-29H. The van der Waals surface area contributed by atoms with Gasteiger partial charge in [0.15, 0.2) is 0 Å². The molecule has 0 amide bonds. The Bertz CT molecular complexity index is 1960. The van der Waals surface area contributed by atoms with Crippen molar-refractivity contribution in [3.63, 3.8) is 0 Å². The first-order valence-corrected chi connectivity index (χ1v) is 14.3. The molecule has 198 valence electrons. The molecule has 0 radical (unpaired) electrons. The van der Waals surface area contributed by atoms with Crippen molar-refractivity contribution in [3.05, 3.63) is 176 Å². The van der Waals surface area contributed by atoms with Crippen LogP contribution in [-0.2, 0) is 0 Å². The lowest BCUT2D eigenvalue weighted by Gasteiger charge is -2.10. The first-order valence-electron chi connectivity index (χ1n) is 14.3. The van der Waals surface area contributed by atoms with Crippen LogP contribution in [0, 0.1) is 0 Å². The molecule has 1 heteroatoms. The van der Waals surface area contributed by atoms with Gasteiger partial charge in [0.25, 0.3) is 0 Å². The SMILES string of the molecule is c1ccc(-c2cccc(-c3cccc(-c4cccc(-c5ccc(-c6cccc(-c7ccccn7)c6)cc5)c4)c3)c2)cc1. The molecule has 0 fully saturated rings. The van der Waals surface area contributed by atoms with Gasteiger partial charge in [-0.05, 0) is 92.0 Å². The van der Waals surface area contributed by atoms with E-state index in [1.165, 1.54) is 55.6 Å². The monoisotopic (exact) mass is 535 g/mol. The molecular formula is C41H29N. The fraction of sp³-hybridized carbons (Fsp3) is 0. The summed E-state index contributed by atoms with van der Waals surface area (Å²) in [6.07, 6.45) is 1.84. The average molecular weight is 536 g/mol. The van der Waals surface area contributed by atoms with Crippen molar-refractivity contribution in [2.75, 3.05) is 0 Å². The molecule has 0 aliphatic carbocycles. The second-order valence-electron chi connectivity index (χ2n) is 10.5. The summed E-state index contributed by atoms with van der Waals surface area (Å²) in [4.78, 5) is 4.51. The van der Waals surface area contributed by atoms with Gasteiger partial charge < -0.3 is 0 Å². The number of rotatable bonds is 6. The van der Waals surface area contributed by atoms with E-state index in [9.17, 15) is 0 Å². The Hall–Kier alpha value is -5.53. The van der Waals surface area contributed by atoms with E-state index < -0.39 is 0 Å². The van der Waals surface area contributed by atoms with Gasteiger partial charge in [0, 0.05) is 11.8 Å². The molecule has 6 aromatic carbocycles. The van der Waals surface area contributed by atoms with Crippen molar-refractivity contribution in [1.82, 2.24) is 4.98 Å². The number of hydrogen-bond donors (Lipinski definition) is 0. The van der Waals surface area contributed by atoms with Crippen LogP contribution in [0.15, 0.2) is 176 Å². The Kier molecular flexibility index (Phi) is 6.98. The minimum Gasteiger partial charge on any atom is -0.256 e. The molecule has 1 heterocycles. The first-order chi connectivity index (χ1) is 20.8. The van der Waals surface area contributed by atoms with Crippen LogP contribution in [0.4, 0.5) is 0 Å². The molecule has 0 N–H and O–H groups in total. The fourth-order valence-electron chi connectivity index (χ4n) is 5.51. The Morgan fingerprint density at radius 3 is 1.00 bits per heavy atom. The minimum absolute atomic E-state index is 0.987. The second-order valence-corrected chi connectivity index (χ2v) is 10.5. The van der Waals surface area contributed by atoms with E-state index in [-0.39, 0.29) is 0 Å². The summed E-state index contributed by atoms with van der Waals surface area (Å²) >= 11 is 0. The predicted octanol–water partition coefficient (Wildman–Crippen LogP) is 11.1. The quantitative estimate of drug-likeness (QED) is 0.206. The summed E-state index contributed by atoms with van der Waals surface area (Å²) in [5.41, 5.74) is 14.2. The topological polar surface area (TPSA) is 12.9 Å². The highest BCUT2D eigenvalue weighted by molar-refractivity contribution is 5.80. The van der Waals surface area contributed by atoms with Gasteiger partial charge in [-0.15, -0.1) is 0 Å². The zero-order valence-corrected chi connectivity index (χ0v) is 23.2. The highest BCUT2D eigenvalue weighted by atomic mass is 14.7. The molecule has 0 aliphatic rings. The summed E-state index contributed by atoms with van der Waals surface area (Å²) in [5.74, 6) is 0. The van der Waals surface area contributed by atoms with Crippen molar-refractivity contribution in [3.8, 4) is 66.9 Å². The van der Waals surface area contributed by atoms with E-state index >= 15 is 0 Å². The summed E-state index contributed by atoms with van der Waals surface area (Å²) in [7, 11) is 0. The Labute approximate surface area is 247 Å². The summed E-state index contributed by atoms with van der Waals surface area (Å²) in [6.45, 7) is 0. The van der Waals surface area contributed by atoms with Gasteiger partial charge in [0.2, 0.25) is 0 Å². The van der Waals surface area contributed by atoms with Gasteiger partial charge in [-0.3, -0.25) is 4.98 Å². The molecule has 0 atom stereocenters. The van der Waals surface area contributed by atoms with Crippen LogP contribution in [0.1, 0.15) is 0 Å². The van der Waals surface area contributed by atoms with Crippen molar-refractivity contribution in [2.45, 2.75) is 0 Å². The van der Waals surface area contributed by atoms with E-state index in [1.807, 2.05) is 24.4 Å². The van der Waals surface area contributed by atoms with E-state index in [0.717, 1.165) is 11.3 Å².